The summed E-state index contributed by atoms with van der Waals surface area (Å²) >= 11 is 0. The SMILES string of the molecule is C[C@@H]1C[C@@H](OCc2cn(C)nn2)CN1C(=O)OC(C)(C)C. The van der Waals surface area contributed by atoms with Gasteiger partial charge in [0.05, 0.1) is 25.5 Å². The van der Waals surface area contributed by atoms with E-state index in [1.807, 2.05) is 40.9 Å². The molecular weight excluding hydrogens is 272 g/mol. The van der Waals surface area contributed by atoms with Crippen LogP contribution in [-0.4, -0.2) is 50.3 Å². The van der Waals surface area contributed by atoms with Gasteiger partial charge in [-0.2, -0.15) is 0 Å². The second-order valence-corrected chi connectivity index (χ2v) is 6.53. The molecule has 2 atom stereocenters. The van der Waals surface area contributed by atoms with Crippen molar-refractivity contribution in [2.24, 2.45) is 7.05 Å². The first kappa shape index (κ1) is 15.8. The van der Waals surface area contributed by atoms with E-state index in [4.69, 9.17) is 9.47 Å². The van der Waals surface area contributed by atoms with Crippen molar-refractivity contribution in [3.8, 4) is 0 Å². The predicted octanol–water partition coefficient (Wildman–Crippen LogP) is 1.73. The molecule has 0 saturated carbocycles. The highest BCUT2D eigenvalue weighted by Gasteiger charge is 2.35. The number of carbonyl (C=O) groups excluding carboxylic acids is 1. The van der Waals surface area contributed by atoms with Gasteiger partial charge in [-0.05, 0) is 34.1 Å². The van der Waals surface area contributed by atoms with Crippen LogP contribution < -0.4 is 0 Å². The Kier molecular flexibility index (Phi) is 4.51. The summed E-state index contributed by atoms with van der Waals surface area (Å²) in [5, 5.41) is 7.84. The van der Waals surface area contributed by atoms with Gasteiger partial charge < -0.3 is 14.4 Å². The van der Waals surface area contributed by atoms with E-state index in [1.54, 1.807) is 9.58 Å². The van der Waals surface area contributed by atoms with Crippen molar-refractivity contribution in [3.63, 3.8) is 0 Å². The van der Waals surface area contributed by atoms with Crippen molar-refractivity contribution in [1.82, 2.24) is 19.9 Å². The van der Waals surface area contributed by atoms with Crippen LogP contribution in [0.3, 0.4) is 0 Å². The van der Waals surface area contributed by atoms with Gasteiger partial charge in [-0.25, -0.2) is 4.79 Å². The van der Waals surface area contributed by atoms with Gasteiger partial charge in [-0.3, -0.25) is 4.68 Å². The van der Waals surface area contributed by atoms with Gasteiger partial charge in [0.25, 0.3) is 0 Å². The second-order valence-electron chi connectivity index (χ2n) is 6.53. The molecule has 0 aromatic carbocycles. The Hall–Kier alpha value is -1.63. The fourth-order valence-corrected chi connectivity index (χ4v) is 2.34. The number of hydrogen-bond donors (Lipinski definition) is 0. The summed E-state index contributed by atoms with van der Waals surface area (Å²) in [6, 6.07) is 0.117. The Morgan fingerprint density at radius 3 is 2.76 bits per heavy atom. The van der Waals surface area contributed by atoms with E-state index in [9.17, 15) is 4.79 Å². The standard InChI is InChI=1S/C14H24N4O3/c1-10-6-12(20-9-11-7-17(5)16-15-11)8-18(10)13(19)21-14(2,3)4/h7,10,12H,6,8-9H2,1-5H3/t10-,12-/m1/s1. The lowest BCUT2D eigenvalue weighted by molar-refractivity contribution is 0.0153. The van der Waals surface area contributed by atoms with Crippen LogP contribution in [0.15, 0.2) is 6.20 Å². The molecule has 1 aromatic rings. The van der Waals surface area contributed by atoms with Crippen LogP contribution in [0.25, 0.3) is 0 Å². The topological polar surface area (TPSA) is 69.5 Å². The Morgan fingerprint density at radius 1 is 1.48 bits per heavy atom. The van der Waals surface area contributed by atoms with Gasteiger partial charge in [0.15, 0.2) is 0 Å². The minimum absolute atomic E-state index is 0.00882. The molecule has 0 spiro atoms. The zero-order chi connectivity index (χ0) is 15.6. The third-order valence-corrected chi connectivity index (χ3v) is 3.28. The fourth-order valence-electron chi connectivity index (χ4n) is 2.34. The van der Waals surface area contributed by atoms with Gasteiger partial charge in [-0.1, -0.05) is 5.21 Å². The lowest BCUT2D eigenvalue weighted by atomic mass is 10.2. The summed E-state index contributed by atoms with van der Waals surface area (Å²) in [7, 11) is 1.82. The number of rotatable bonds is 3. The monoisotopic (exact) mass is 296 g/mol. The number of carbonyl (C=O) groups is 1. The zero-order valence-corrected chi connectivity index (χ0v) is 13.4. The van der Waals surface area contributed by atoms with E-state index < -0.39 is 5.60 Å². The molecule has 1 amide bonds. The Bertz CT molecular complexity index is 495. The third-order valence-electron chi connectivity index (χ3n) is 3.28. The molecule has 1 aliphatic rings. The molecule has 2 rings (SSSR count). The molecule has 21 heavy (non-hydrogen) atoms. The van der Waals surface area contributed by atoms with E-state index in [1.165, 1.54) is 0 Å². The molecular formula is C14H24N4O3. The molecule has 0 unspecified atom stereocenters. The number of likely N-dealkylation sites (tertiary alicyclic amines) is 1. The molecule has 2 heterocycles. The maximum absolute atomic E-state index is 12.1. The van der Waals surface area contributed by atoms with Crippen LogP contribution in [0.4, 0.5) is 4.79 Å². The third kappa shape index (κ3) is 4.42. The lowest BCUT2D eigenvalue weighted by Gasteiger charge is -2.26. The van der Waals surface area contributed by atoms with E-state index in [-0.39, 0.29) is 18.2 Å². The first-order valence-corrected chi connectivity index (χ1v) is 7.21. The van der Waals surface area contributed by atoms with E-state index in [0.717, 1.165) is 12.1 Å². The summed E-state index contributed by atoms with van der Waals surface area (Å²) < 4.78 is 12.9. The molecule has 7 nitrogen and oxygen atoms in total. The molecule has 1 aliphatic heterocycles. The van der Waals surface area contributed by atoms with Gasteiger partial charge in [0.2, 0.25) is 0 Å². The highest BCUT2D eigenvalue weighted by atomic mass is 16.6. The summed E-state index contributed by atoms with van der Waals surface area (Å²) in [5.41, 5.74) is 0.316. The lowest BCUT2D eigenvalue weighted by Crippen LogP contribution is -2.39. The summed E-state index contributed by atoms with van der Waals surface area (Å²) in [5.74, 6) is 0. The minimum atomic E-state index is -0.477. The molecule has 1 aromatic heterocycles. The fraction of sp³-hybridized carbons (Fsp3) is 0.786. The average Bonchev–Trinajstić information content (AvgIpc) is 2.91. The van der Waals surface area contributed by atoms with Crippen molar-refractivity contribution >= 4 is 6.09 Å². The van der Waals surface area contributed by atoms with Crippen LogP contribution >= 0.6 is 0 Å². The number of ether oxygens (including phenoxy) is 2. The zero-order valence-electron chi connectivity index (χ0n) is 13.4. The smallest absolute Gasteiger partial charge is 0.410 e. The van der Waals surface area contributed by atoms with Crippen molar-refractivity contribution < 1.29 is 14.3 Å². The van der Waals surface area contributed by atoms with Crippen LogP contribution in [0, 0.1) is 0 Å². The van der Waals surface area contributed by atoms with E-state index in [2.05, 4.69) is 10.3 Å². The number of hydrogen-bond acceptors (Lipinski definition) is 5. The highest BCUT2D eigenvalue weighted by Crippen LogP contribution is 2.23. The van der Waals surface area contributed by atoms with Crippen LogP contribution in [0.1, 0.15) is 39.8 Å². The van der Waals surface area contributed by atoms with Gasteiger partial charge in [-0.15, -0.1) is 5.10 Å². The number of nitrogens with zero attached hydrogens (tertiary/aromatic N) is 4. The maximum Gasteiger partial charge on any atom is 0.410 e. The summed E-state index contributed by atoms with van der Waals surface area (Å²) in [6.45, 7) is 8.58. The first-order chi connectivity index (χ1) is 9.74. The van der Waals surface area contributed by atoms with E-state index in [0.29, 0.717) is 13.2 Å². The molecule has 118 valence electrons. The van der Waals surface area contributed by atoms with Gasteiger partial charge in [0, 0.05) is 13.1 Å². The Morgan fingerprint density at radius 2 is 2.19 bits per heavy atom. The van der Waals surface area contributed by atoms with Crippen LogP contribution in [0.5, 0.6) is 0 Å². The second kappa shape index (κ2) is 6.01. The minimum Gasteiger partial charge on any atom is -0.444 e. The molecule has 0 N–H and O–H groups in total. The summed E-state index contributed by atoms with van der Waals surface area (Å²) in [4.78, 5) is 13.8. The predicted molar refractivity (Wildman–Crippen MR) is 76.6 cm³/mol. The van der Waals surface area contributed by atoms with Crippen molar-refractivity contribution in [2.75, 3.05) is 6.54 Å². The number of aryl methyl sites for hydroxylation is 1. The normalized spacial score (nSPS) is 22.6. The van der Waals surface area contributed by atoms with Crippen molar-refractivity contribution in [3.05, 3.63) is 11.9 Å². The Labute approximate surface area is 125 Å². The quantitative estimate of drug-likeness (QED) is 0.849. The largest absolute Gasteiger partial charge is 0.444 e. The van der Waals surface area contributed by atoms with Gasteiger partial charge in [0.1, 0.15) is 11.3 Å². The molecule has 1 saturated heterocycles. The van der Waals surface area contributed by atoms with Crippen LogP contribution in [0.2, 0.25) is 0 Å². The molecule has 0 bridgehead atoms. The first-order valence-electron chi connectivity index (χ1n) is 7.21. The van der Waals surface area contributed by atoms with Crippen LogP contribution in [-0.2, 0) is 23.1 Å². The maximum atomic E-state index is 12.1. The highest BCUT2D eigenvalue weighted by molar-refractivity contribution is 5.69. The van der Waals surface area contributed by atoms with Gasteiger partial charge >= 0.3 is 6.09 Å². The Balaban J connectivity index is 1.84. The number of amides is 1. The summed E-state index contributed by atoms with van der Waals surface area (Å²) in [6.07, 6.45) is 2.36. The van der Waals surface area contributed by atoms with E-state index >= 15 is 0 Å². The molecule has 1 fully saturated rings. The van der Waals surface area contributed by atoms with Crippen molar-refractivity contribution in [1.29, 1.82) is 0 Å². The molecule has 7 heteroatoms. The van der Waals surface area contributed by atoms with Crippen molar-refractivity contribution in [2.45, 2.75) is 58.5 Å². The molecule has 0 radical (unpaired) electrons. The molecule has 0 aliphatic carbocycles. The number of aromatic nitrogens is 3. The average molecular weight is 296 g/mol.